The summed E-state index contributed by atoms with van der Waals surface area (Å²) in [6, 6.07) is 4.35. The fourth-order valence-corrected chi connectivity index (χ4v) is 1.85. The molecule has 0 aliphatic heterocycles. The van der Waals surface area contributed by atoms with Gasteiger partial charge in [0.05, 0.1) is 6.61 Å². The normalized spacial score (nSPS) is 12.3. The summed E-state index contributed by atoms with van der Waals surface area (Å²) in [7, 11) is 0. The number of nitrogens with two attached hydrogens (primary N) is 1. The second kappa shape index (κ2) is 5.11. The molecular formula is C13H15N3O3. The van der Waals surface area contributed by atoms with Crippen LogP contribution in [0.5, 0.6) is 0 Å². The van der Waals surface area contributed by atoms with Gasteiger partial charge in [0.1, 0.15) is 11.9 Å². The lowest BCUT2D eigenvalue weighted by Crippen LogP contribution is -2.33. The molecule has 1 heterocycles. The Morgan fingerprint density at radius 3 is 2.79 bits per heavy atom. The first-order valence-corrected chi connectivity index (χ1v) is 5.78. The van der Waals surface area contributed by atoms with Gasteiger partial charge in [0, 0.05) is 22.7 Å². The van der Waals surface area contributed by atoms with Crippen molar-refractivity contribution in [3.8, 4) is 0 Å². The Kier molecular flexibility index (Phi) is 3.52. The van der Waals surface area contributed by atoms with Crippen molar-refractivity contribution in [2.24, 2.45) is 0 Å². The van der Waals surface area contributed by atoms with Crippen LogP contribution in [0.2, 0.25) is 0 Å². The zero-order valence-corrected chi connectivity index (χ0v) is 10.4. The van der Waals surface area contributed by atoms with E-state index < -0.39 is 18.6 Å². The van der Waals surface area contributed by atoms with Crippen molar-refractivity contribution < 1.29 is 15.0 Å². The molecule has 0 saturated heterocycles. The first-order chi connectivity index (χ1) is 9.04. The first-order valence-electron chi connectivity index (χ1n) is 5.78. The number of nitrogen functional groups attached to an aromatic ring is 1. The largest absolute Gasteiger partial charge is 0.480 e. The lowest BCUT2D eigenvalue weighted by atomic mass is 10.1. The summed E-state index contributed by atoms with van der Waals surface area (Å²) < 4.78 is 0. The van der Waals surface area contributed by atoms with Gasteiger partial charge in [-0.25, -0.2) is 9.78 Å². The molecule has 1 aromatic carbocycles. The number of rotatable bonds is 4. The quantitative estimate of drug-likeness (QED) is 0.611. The van der Waals surface area contributed by atoms with Gasteiger partial charge in [0.15, 0.2) is 0 Å². The Labute approximate surface area is 109 Å². The number of fused-ring (bicyclic) bond motifs is 1. The minimum atomic E-state index is -1.14. The minimum absolute atomic E-state index is 0.394. The second-order valence-electron chi connectivity index (χ2n) is 4.27. The van der Waals surface area contributed by atoms with Gasteiger partial charge in [-0.3, -0.25) is 0 Å². The van der Waals surface area contributed by atoms with Crippen LogP contribution < -0.4 is 11.1 Å². The summed E-state index contributed by atoms with van der Waals surface area (Å²) in [5.74, 6) is -0.743. The minimum Gasteiger partial charge on any atom is -0.480 e. The van der Waals surface area contributed by atoms with E-state index in [-0.39, 0.29) is 0 Å². The summed E-state index contributed by atoms with van der Waals surface area (Å²) in [5, 5.41) is 22.2. The number of aliphatic hydroxyl groups is 1. The van der Waals surface area contributed by atoms with E-state index in [9.17, 15) is 4.79 Å². The fourth-order valence-electron chi connectivity index (χ4n) is 1.85. The zero-order valence-electron chi connectivity index (χ0n) is 10.4. The summed E-state index contributed by atoms with van der Waals surface area (Å²) in [4.78, 5) is 15.0. The Bertz CT molecular complexity index is 628. The Morgan fingerprint density at radius 1 is 1.42 bits per heavy atom. The third kappa shape index (κ3) is 2.43. The molecule has 0 saturated carbocycles. The van der Waals surface area contributed by atoms with E-state index in [1.807, 2.05) is 19.1 Å². The van der Waals surface area contributed by atoms with Crippen molar-refractivity contribution in [1.82, 2.24) is 4.98 Å². The highest BCUT2D eigenvalue weighted by Gasteiger charge is 2.17. The molecule has 0 amide bonds. The van der Waals surface area contributed by atoms with E-state index in [2.05, 4.69) is 10.3 Å². The number of aliphatic carboxylic acids is 1. The van der Waals surface area contributed by atoms with E-state index in [0.717, 1.165) is 16.3 Å². The monoisotopic (exact) mass is 261 g/mol. The third-order valence-electron chi connectivity index (χ3n) is 3.00. The molecule has 1 aromatic heterocycles. The number of carboxylic acids is 1. The molecule has 0 fully saturated rings. The average Bonchev–Trinajstić information content (AvgIpc) is 2.40. The van der Waals surface area contributed by atoms with Gasteiger partial charge in [-0.2, -0.15) is 0 Å². The number of nitrogens with zero attached hydrogens (tertiary/aromatic N) is 1. The van der Waals surface area contributed by atoms with Gasteiger partial charge in [-0.1, -0.05) is 12.1 Å². The van der Waals surface area contributed by atoms with Crippen molar-refractivity contribution in [2.45, 2.75) is 13.0 Å². The van der Waals surface area contributed by atoms with Gasteiger partial charge in [0.25, 0.3) is 0 Å². The van der Waals surface area contributed by atoms with Crippen molar-refractivity contribution in [2.75, 3.05) is 17.7 Å². The van der Waals surface area contributed by atoms with Crippen molar-refractivity contribution >= 4 is 28.2 Å². The van der Waals surface area contributed by atoms with Crippen LogP contribution in [0.25, 0.3) is 10.8 Å². The summed E-state index contributed by atoms with van der Waals surface area (Å²) in [6.45, 7) is 1.38. The fraction of sp³-hybridized carbons (Fsp3) is 0.231. The van der Waals surface area contributed by atoms with Crippen LogP contribution >= 0.6 is 0 Å². The number of hydrogen-bond donors (Lipinski definition) is 4. The molecule has 2 aromatic rings. The molecule has 1 atom stereocenters. The lowest BCUT2D eigenvalue weighted by molar-refractivity contribution is -0.138. The molecule has 0 aliphatic carbocycles. The SMILES string of the molecule is Cc1ccc2c(NC(CO)C(=O)O)nccc2c1N. The number of nitrogens with one attached hydrogen (secondary N) is 1. The molecular weight excluding hydrogens is 246 g/mol. The number of hydrogen-bond acceptors (Lipinski definition) is 5. The molecule has 0 aliphatic rings. The Morgan fingerprint density at radius 2 is 2.16 bits per heavy atom. The van der Waals surface area contributed by atoms with Crippen LogP contribution in [0.15, 0.2) is 24.4 Å². The maximum atomic E-state index is 10.9. The molecule has 19 heavy (non-hydrogen) atoms. The van der Waals surface area contributed by atoms with E-state index in [4.69, 9.17) is 15.9 Å². The van der Waals surface area contributed by atoms with Crippen LogP contribution in [0.1, 0.15) is 5.56 Å². The van der Waals surface area contributed by atoms with E-state index in [0.29, 0.717) is 11.5 Å². The van der Waals surface area contributed by atoms with Crippen molar-refractivity contribution in [3.05, 3.63) is 30.0 Å². The smallest absolute Gasteiger partial charge is 0.328 e. The standard InChI is InChI=1S/C13H15N3O3/c1-7-2-3-9-8(11(7)14)4-5-15-12(9)16-10(6-17)13(18)19/h2-5,10,17H,6,14H2,1H3,(H,15,16)(H,18,19). The Hall–Kier alpha value is -2.34. The van der Waals surface area contributed by atoms with E-state index in [1.54, 1.807) is 12.3 Å². The summed E-state index contributed by atoms with van der Waals surface area (Å²) in [6.07, 6.45) is 1.55. The predicted octanol–water partition coefficient (Wildman–Crippen LogP) is 0.983. The van der Waals surface area contributed by atoms with Crippen molar-refractivity contribution in [3.63, 3.8) is 0 Å². The number of benzene rings is 1. The maximum Gasteiger partial charge on any atom is 0.328 e. The van der Waals surface area contributed by atoms with Gasteiger partial charge >= 0.3 is 5.97 Å². The molecule has 5 N–H and O–H groups in total. The van der Waals surface area contributed by atoms with Crippen LogP contribution in [0.4, 0.5) is 11.5 Å². The molecule has 0 spiro atoms. The molecule has 0 radical (unpaired) electrons. The van der Waals surface area contributed by atoms with Crippen LogP contribution in [-0.4, -0.2) is 33.8 Å². The number of carboxylic acid groups (broad SMARTS) is 1. The average molecular weight is 261 g/mol. The summed E-state index contributed by atoms with van der Waals surface area (Å²) in [5.41, 5.74) is 7.57. The van der Waals surface area contributed by atoms with Gasteiger partial charge in [-0.05, 0) is 18.6 Å². The molecule has 6 heteroatoms. The molecule has 1 unspecified atom stereocenters. The highest BCUT2D eigenvalue weighted by molar-refractivity contribution is 6.00. The highest BCUT2D eigenvalue weighted by Crippen LogP contribution is 2.28. The summed E-state index contributed by atoms with van der Waals surface area (Å²) >= 11 is 0. The van der Waals surface area contributed by atoms with Gasteiger partial charge in [-0.15, -0.1) is 0 Å². The number of pyridine rings is 1. The Balaban J connectivity index is 2.50. The number of carbonyl (C=O) groups is 1. The predicted molar refractivity (Wildman–Crippen MR) is 73.0 cm³/mol. The van der Waals surface area contributed by atoms with Crippen LogP contribution in [-0.2, 0) is 4.79 Å². The molecule has 0 bridgehead atoms. The van der Waals surface area contributed by atoms with Gasteiger partial charge < -0.3 is 21.3 Å². The van der Waals surface area contributed by atoms with Gasteiger partial charge in [0.2, 0.25) is 0 Å². The number of aryl methyl sites for hydroxylation is 1. The molecule has 100 valence electrons. The topological polar surface area (TPSA) is 108 Å². The van der Waals surface area contributed by atoms with Crippen LogP contribution in [0.3, 0.4) is 0 Å². The van der Waals surface area contributed by atoms with Crippen molar-refractivity contribution in [1.29, 1.82) is 0 Å². The van der Waals surface area contributed by atoms with E-state index >= 15 is 0 Å². The van der Waals surface area contributed by atoms with E-state index in [1.165, 1.54) is 0 Å². The number of aliphatic hydroxyl groups excluding tert-OH is 1. The van der Waals surface area contributed by atoms with Crippen LogP contribution in [0, 0.1) is 6.92 Å². The number of anilines is 2. The molecule has 6 nitrogen and oxygen atoms in total. The third-order valence-corrected chi connectivity index (χ3v) is 3.00. The molecule has 2 rings (SSSR count). The maximum absolute atomic E-state index is 10.9. The highest BCUT2D eigenvalue weighted by atomic mass is 16.4. The first kappa shape index (κ1) is 13.1. The zero-order chi connectivity index (χ0) is 14.0. The lowest BCUT2D eigenvalue weighted by Gasteiger charge is -2.15. The second-order valence-corrected chi connectivity index (χ2v) is 4.27. The number of aromatic nitrogens is 1.